The monoisotopic (exact) mass is 859 g/mol. The first-order chi connectivity index (χ1) is 31.5. The zero-order chi connectivity index (χ0) is 45.9. The van der Waals surface area contributed by atoms with E-state index >= 15 is 0 Å². The van der Waals surface area contributed by atoms with Gasteiger partial charge in [-0.3, -0.25) is 0 Å². The van der Waals surface area contributed by atoms with Gasteiger partial charge in [-0.15, -0.1) is 0 Å². The van der Waals surface area contributed by atoms with E-state index in [4.69, 9.17) is 4.42 Å². The van der Waals surface area contributed by atoms with E-state index in [9.17, 15) is 0 Å². The molecule has 0 fully saturated rings. The molecule has 326 valence electrons. The zero-order valence-corrected chi connectivity index (χ0v) is 40.0. The molecular formula is C61H58BN3O. The number of benzene rings is 8. The molecule has 0 atom stereocenters. The van der Waals surface area contributed by atoms with Crippen LogP contribution in [0.1, 0.15) is 79.0 Å². The summed E-state index contributed by atoms with van der Waals surface area (Å²) in [5.74, 6) is 0. The lowest BCUT2D eigenvalue weighted by atomic mass is 9.40. The molecule has 0 amide bonds. The molecule has 66 heavy (non-hydrogen) atoms. The van der Waals surface area contributed by atoms with Crippen molar-refractivity contribution in [2.24, 2.45) is 0 Å². The van der Waals surface area contributed by atoms with Crippen molar-refractivity contribution >= 4 is 95.5 Å². The number of aromatic nitrogens is 1. The van der Waals surface area contributed by atoms with Crippen LogP contribution < -0.4 is 20.7 Å². The fraction of sp³-hybridized carbons (Fsp3) is 0.213. The summed E-state index contributed by atoms with van der Waals surface area (Å²) >= 11 is 0. The highest BCUT2D eigenvalue weighted by Crippen LogP contribution is 2.46. The van der Waals surface area contributed by atoms with Crippen LogP contribution in [0, 0.1) is 0 Å². The first kappa shape index (κ1) is 41.7. The van der Waals surface area contributed by atoms with Crippen molar-refractivity contribution in [3.05, 3.63) is 187 Å². The molecule has 0 spiro atoms. The minimum Gasteiger partial charge on any atom is -0.456 e. The predicted molar refractivity (Wildman–Crippen MR) is 284 cm³/mol. The number of rotatable bonds is 5. The van der Waals surface area contributed by atoms with Crippen LogP contribution in [0.2, 0.25) is 6.82 Å². The van der Waals surface area contributed by atoms with Gasteiger partial charge >= 0.3 is 0 Å². The number of furan rings is 1. The van der Waals surface area contributed by atoms with E-state index < -0.39 is 0 Å². The van der Waals surface area contributed by atoms with E-state index in [1.807, 2.05) is 6.07 Å². The van der Waals surface area contributed by atoms with Crippen molar-refractivity contribution in [2.75, 3.05) is 9.80 Å². The second-order valence-electron chi connectivity index (χ2n) is 21.6. The van der Waals surface area contributed by atoms with Gasteiger partial charge in [0.1, 0.15) is 11.2 Å². The van der Waals surface area contributed by atoms with Crippen LogP contribution in [0.5, 0.6) is 0 Å². The molecule has 0 radical (unpaired) electrons. The van der Waals surface area contributed by atoms with Crippen LogP contribution >= 0.6 is 0 Å². The molecule has 4 nitrogen and oxygen atoms in total. The molecule has 10 aromatic rings. The SMILES string of the molecule is CB1c2ccc(C(C)(C)C)cc2N(c2ccccc2)c2cc(-n3c4ccc(C(C)(C)C)cc4c4cc(C(C)(C)C)ccc43)cc(N(c3ccccc3)c3ccc4oc5ccccc5c4c3)c21. The summed E-state index contributed by atoms with van der Waals surface area (Å²) in [7, 11) is 0. The van der Waals surface area contributed by atoms with Crippen LogP contribution in [0.3, 0.4) is 0 Å². The largest absolute Gasteiger partial charge is 0.456 e. The molecular weight excluding hydrogens is 802 g/mol. The maximum absolute atomic E-state index is 6.42. The topological polar surface area (TPSA) is 24.6 Å². The average Bonchev–Trinajstić information content (AvgIpc) is 3.83. The lowest BCUT2D eigenvalue weighted by Crippen LogP contribution is -2.49. The summed E-state index contributed by atoms with van der Waals surface area (Å²) < 4.78 is 8.95. The molecule has 5 heteroatoms. The molecule has 3 heterocycles. The zero-order valence-electron chi connectivity index (χ0n) is 40.0. The summed E-state index contributed by atoms with van der Waals surface area (Å²) in [4.78, 5) is 5.02. The number of hydrogen-bond acceptors (Lipinski definition) is 3. The third-order valence-corrected chi connectivity index (χ3v) is 14.0. The molecule has 0 N–H and O–H groups in total. The van der Waals surface area contributed by atoms with Gasteiger partial charge in [0.25, 0.3) is 0 Å². The quantitative estimate of drug-likeness (QED) is 0.161. The number of nitrogens with zero attached hydrogens (tertiary/aromatic N) is 3. The van der Waals surface area contributed by atoms with Crippen LogP contribution in [0.4, 0.5) is 34.1 Å². The molecule has 1 aliphatic heterocycles. The Morgan fingerprint density at radius 3 is 1.64 bits per heavy atom. The first-order valence-corrected chi connectivity index (χ1v) is 23.6. The molecule has 0 saturated carbocycles. The summed E-state index contributed by atoms with van der Waals surface area (Å²) in [6, 6.07) is 63.4. The Morgan fingerprint density at radius 1 is 0.439 bits per heavy atom. The fourth-order valence-corrected chi connectivity index (χ4v) is 10.4. The van der Waals surface area contributed by atoms with Gasteiger partial charge in [-0.25, -0.2) is 0 Å². The minimum absolute atomic E-state index is 0.00748. The number of fused-ring (bicyclic) bond motifs is 8. The Hall–Kier alpha value is -6.98. The van der Waals surface area contributed by atoms with Crippen molar-refractivity contribution < 1.29 is 4.42 Å². The van der Waals surface area contributed by atoms with Gasteiger partial charge in [0.15, 0.2) is 0 Å². The maximum atomic E-state index is 6.42. The van der Waals surface area contributed by atoms with Gasteiger partial charge in [-0.1, -0.05) is 153 Å². The number of anilines is 6. The van der Waals surface area contributed by atoms with Gasteiger partial charge in [0.05, 0.1) is 16.7 Å². The van der Waals surface area contributed by atoms with Gasteiger partial charge in [-0.2, -0.15) is 0 Å². The minimum atomic E-state index is -0.0330. The Balaban J connectivity index is 1.28. The van der Waals surface area contributed by atoms with Gasteiger partial charge in [-0.05, 0) is 129 Å². The molecule has 0 unspecified atom stereocenters. The van der Waals surface area contributed by atoms with Crippen molar-refractivity contribution in [1.29, 1.82) is 0 Å². The average molecular weight is 860 g/mol. The highest BCUT2D eigenvalue weighted by molar-refractivity contribution is 6.88. The van der Waals surface area contributed by atoms with E-state index in [-0.39, 0.29) is 23.0 Å². The van der Waals surface area contributed by atoms with Crippen molar-refractivity contribution in [2.45, 2.75) is 85.4 Å². The van der Waals surface area contributed by atoms with Crippen LogP contribution in [0.15, 0.2) is 174 Å². The van der Waals surface area contributed by atoms with Crippen molar-refractivity contribution in [1.82, 2.24) is 4.57 Å². The lowest BCUT2D eigenvalue weighted by Gasteiger charge is -2.40. The van der Waals surface area contributed by atoms with Gasteiger partial charge < -0.3 is 18.8 Å². The molecule has 2 aromatic heterocycles. The van der Waals surface area contributed by atoms with E-state index in [1.54, 1.807) is 0 Å². The van der Waals surface area contributed by atoms with E-state index in [0.29, 0.717) is 0 Å². The van der Waals surface area contributed by atoms with Gasteiger partial charge in [0, 0.05) is 55.7 Å². The summed E-state index contributed by atoms with van der Waals surface area (Å²) in [6.45, 7) is 23.3. The first-order valence-electron chi connectivity index (χ1n) is 23.6. The molecule has 0 bridgehead atoms. The molecule has 11 rings (SSSR count). The Bertz CT molecular complexity index is 3430. The Kier molecular flexibility index (Phi) is 9.50. The van der Waals surface area contributed by atoms with E-state index in [2.05, 4.69) is 247 Å². The highest BCUT2D eigenvalue weighted by atomic mass is 16.3. The van der Waals surface area contributed by atoms with Crippen molar-refractivity contribution in [3.63, 3.8) is 0 Å². The molecule has 1 aliphatic rings. The number of para-hydroxylation sites is 3. The Labute approximate surface area is 390 Å². The molecule has 0 aliphatic carbocycles. The highest BCUT2D eigenvalue weighted by Gasteiger charge is 2.37. The van der Waals surface area contributed by atoms with Crippen LogP contribution in [-0.4, -0.2) is 11.3 Å². The Morgan fingerprint density at radius 2 is 1.00 bits per heavy atom. The van der Waals surface area contributed by atoms with Crippen LogP contribution in [0.25, 0.3) is 49.4 Å². The third-order valence-electron chi connectivity index (χ3n) is 14.0. The smallest absolute Gasteiger partial charge is 0.214 e. The lowest BCUT2D eigenvalue weighted by molar-refractivity contribution is 0.590. The fourth-order valence-electron chi connectivity index (χ4n) is 10.4. The van der Waals surface area contributed by atoms with Crippen molar-refractivity contribution in [3.8, 4) is 5.69 Å². The summed E-state index contributed by atoms with van der Waals surface area (Å²) in [5.41, 5.74) is 18.6. The second-order valence-corrected chi connectivity index (χ2v) is 21.6. The normalized spacial score (nSPS) is 13.2. The summed E-state index contributed by atoms with van der Waals surface area (Å²) in [6.07, 6.45) is 0. The van der Waals surface area contributed by atoms with E-state index in [0.717, 1.165) is 50.4 Å². The van der Waals surface area contributed by atoms with E-state index in [1.165, 1.54) is 60.8 Å². The maximum Gasteiger partial charge on any atom is 0.214 e. The summed E-state index contributed by atoms with van der Waals surface area (Å²) in [5, 5.41) is 4.75. The second kappa shape index (κ2) is 15.0. The van der Waals surface area contributed by atoms with Gasteiger partial charge in [0.2, 0.25) is 6.71 Å². The predicted octanol–water partition coefficient (Wildman–Crippen LogP) is 16.1. The molecule has 8 aromatic carbocycles. The van der Waals surface area contributed by atoms with Crippen LogP contribution in [-0.2, 0) is 16.2 Å². The molecule has 0 saturated heterocycles. The third kappa shape index (κ3) is 6.82. The number of hydrogen-bond donors (Lipinski definition) is 0. The standard InChI is InChI=1S/C61H58BN3O/c1-59(2,3)39-26-30-51-47(33-39)48-34-40(60(4,5)6)27-31-52(48)65(51)45-37-54(63(42-19-13-11-14-20-42)44-28-32-57-49(36-44)46-23-17-18-24-56(46)66-57)58-55(38-45)64(43-21-15-12-16-22-43)53-35-41(61(7,8)9)25-29-50(53)62(58)10/h11-38H,1-10H3.